The Morgan fingerprint density at radius 2 is 1.83 bits per heavy atom. The van der Waals surface area contributed by atoms with E-state index >= 15 is 0 Å². The number of nitrogens with zero attached hydrogens (tertiary/aromatic N) is 2. The largest absolute Gasteiger partial charge is 0.497 e. The summed E-state index contributed by atoms with van der Waals surface area (Å²) in [5.74, 6) is 0.0646. The lowest BCUT2D eigenvalue weighted by atomic mass is 10.1. The summed E-state index contributed by atoms with van der Waals surface area (Å²) in [6, 6.07) is 13.2. The molecule has 10 heteroatoms. The second kappa shape index (κ2) is 13.3. The first-order valence-corrected chi connectivity index (χ1v) is 13.7. The zero-order valence-corrected chi connectivity index (χ0v) is 22.2. The Hall–Kier alpha value is -2.78. The van der Waals surface area contributed by atoms with E-state index in [0.717, 1.165) is 18.2 Å². The molecule has 2 aromatic rings. The molecule has 192 valence electrons. The maximum atomic E-state index is 13.2. The third-order valence-electron chi connectivity index (χ3n) is 5.48. The molecule has 2 amide bonds. The van der Waals surface area contributed by atoms with Crippen LogP contribution in [0.5, 0.6) is 5.75 Å². The molecule has 0 aromatic heterocycles. The molecule has 2 rings (SSSR count). The SMILES string of the molecule is CCCNC(=O)C(C)N(Cc1ccc(Cl)cc1)C(=O)CCCN(c1cccc(OC)c1)S(C)(=O)=O. The van der Waals surface area contributed by atoms with Crippen molar-refractivity contribution in [3.63, 3.8) is 0 Å². The molecular weight excluding hydrogens is 490 g/mol. The molecule has 0 fully saturated rings. The first-order valence-electron chi connectivity index (χ1n) is 11.5. The van der Waals surface area contributed by atoms with Crippen molar-refractivity contribution in [2.45, 2.75) is 45.7 Å². The minimum atomic E-state index is -3.58. The first-order chi connectivity index (χ1) is 16.6. The van der Waals surface area contributed by atoms with Gasteiger partial charge in [0, 0.05) is 37.1 Å². The van der Waals surface area contributed by atoms with Gasteiger partial charge in [0.2, 0.25) is 21.8 Å². The fraction of sp³-hybridized carbons (Fsp3) is 0.440. The Kier molecular flexibility index (Phi) is 10.9. The van der Waals surface area contributed by atoms with E-state index in [2.05, 4.69) is 5.32 Å². The highest BCUT2D eigenvalue weighted by Crippen LogP contribution is 2.24. The molecule has 0 saturated heterocycles. The number of benzene rings is 2. The minimum Gasteiger partial charge on any atom is -0.497 e. The van der Waals surface area contributed by atoms with Crippen LogP contribution in [0.2, 0.25) is 5.02 Å². The lowest BCUT2D eigenvalue weighted by molar-refractivity contribution is -0.140. The normalized spacial score (nSPS) is 12.0. The van der Waals surface area contributed by atoms with E-state index in [-0.39, 0.29) is 37.7 Å². The average molecular weight is 524 g/mol. The number of hydrogen-bond acceptors (Lipinski definition) is 5. The zero-order valence-electron chi connectivity index (χ0n) is 20.7. The van der Waals surface area contributed by atoms with E-state index in [0.29, 0.717) is 23.0 Å². The second-order valence-electron chi connectivity index (χ2n) is 8.26. The minimum absolute atomic E-state index is 0.0783. The van der Waals surface area contributed by atoms with Gasteiger partial charge < -0.3 is 15.0 Å². The number of anilines is 1. The van der Waals surface area contributed by atoms with Gasteiger partial charge in [-0.05, 0) is 49.6 Å². The lowest BCUT2D eigenvalue weighted by Gasteiger charge is -2.29. The fourth-order valence-electron chi connectivity index (χ4n) is 3.53. The molecule has 0 heterocycles. The molecule has 1 atom stereocenters. The van der Waals surface area contributed by atoms with Crippen LogP contribution >= 0.6 is 11.6 Å². The van der Waals surface area contributed by atoms with Crippen LogP contribution in [-0.2, 0) is 26.2 Å². The Bertz CT molecular complexity index is 1090. The highest BCUT2D eigenvalue weighted by atomic mass is 35.5. The number of sulfonamides is 1. The number of rotatable bonds is 13. The van der Waals surface area contributed by atoms with Gasteiger partial charge in [-0.2, -0.15) is 0 Å². The first kappa shape index (κ1) is 28.5. The van der Waals surface area contributed by atoms with Gasteiger partial charge in [-0.3, -0.25) is 13.9 Å². The third kappa shape index (κ3) is 8.74. The molecule has 0 bridgehead atoms. The molecule has 0 aliphatic heterocycles. The average Bonchev–Trinajstić information content (AvgIpc) is 2.83. The van der Waals surface area contributed by atoms with Gasteiger partial charge in [0.1, 0.15) is 11.8 Å². The molecule has 0 radical (unpaired) electrons. The van der Waals surface area contributed by atoms with E-state index < -0.39 is 16.1 Å². The third-order valence-corrected chi connectivity index (χ3v) is 6.92. The van der Waals surface area contributed by atoms with Crippen LogP contribution < -0.4 is 14.4 Å². The Balaban J connectivity index is 2.15. The van der Waals surface area contributed by atoms with Gasteiger partial charge in [-0.1, -0.05) is 36.7 Å². The van der Waals surface area contributed by atoms with Crippen molar-refractivity contribution in [1.29, 1.82) is 0 Å². The summed E-state index contributed by atoms with van der Waals surface area (Å²) in [5, 5.41) is 3.42. The molecule has 0 spiro atoms. The van der Waals surface area contributed by atoms with Crippen LogP contribution in [0.4, 0.5) is 5.69 Å². The zero-order chi connectivity index (χ0) is 26.0. The molecule has 35 heavy (non-hydrogen) atoms. The van der Waals surface area contributed by atoms with Crippen molar-refractivity contribution in [2.75, 3.05) is 30.8 Å². The molecule has 0 aliphatic carbocycles. The molecule has 1 unspecified atom stereocenters. The highest BCUT2D eigenvalue weighted by molar-refractivity contribution is 7.92. The summed E-state index contributed by atoms with van der Waals surface area (Å²) in [4.78, 5) is 27.4. The number of nitrogens with one attached hydrogen (secondary N) is 1. The fourth-order valence-corrected chi connectivity index (χ4v) is 4.62. The van der Waals surface area contributed by atoms with Crippen LogP contribution in [0, 0.1) is 0 Å². The van der Waals surface area contributed by atoms with Crippen molar-refractivity contribution in [2.24, 2.45) is 0 Å². The smallest absolute Gasteiger partial charge is 0.242 e. The second-order valence-corrected chi connectivity index (χ2v) is 10.6. The van der Waals surface area contributed by atoms with Crippen LogP contribution in [0.25, 0.3) is 0 Å². The van der Waals surface area contributed by atoms with Crippen LogP contribution in [-0.4, -0.2) is 57.6 Å². The van der Waals surface area contributed by atoms with Crippen LogP contribution in [0.15, 0.2) is 48.5 Å². The maximum Gasteiger partial charge on any atom is 0.242 e. The maximum absolute atomic E-state index is 13.2. The van der Waals surface area contributed by atoms with E-state index in [1.54, 1.807) is 43.3 Å². The van der Waals surface area contributed by atoms with E-state index in [1.165, 1.54) is 16.3 Å². The van der Waals surface area contributed by atoms with Gasteiger partial charge in [-0.15, -0.1) is 0 Å². The van der Waals surface area contributed by atoms with Crippen LogP contribution in [0.1, 0.15) is 38.7 Å². The van der Waals surface area contributed by atoms with E-state index in [1.807, 2.05) is 19.1 Å². The Labute approximate surface area is 213 Å². The van der Waals surface area contributed by atoms with Crippen molar-refractivity contribution in [1.82, 2.24) is 10.2 Å². The number of ether oxygens (including phenoxy) is 1. The van der Waals surface area contributed by atoms with Crippen molar-refractivity contribution < 1.29 is 22.7 Å². The van der Waals surface area contributed by atoms with Gasteiger partial charge >= 0.3 is 0 Å². The van der Waals surface area contributed by atoms with Crippen molar-refractivity contribution in [3.05, 3.63) is 59.1 Å². The van der Waals surface area contributed by atoms with Crippen LogP contribution in [0.3, 0.4) is 0 Å². The lowest BCUT2D eigenvalue weighted by Crippen LogP contribution is -2.47. The predicted molar refractivity (Wildman–Crippen MR) is 139 cm³/mol. The highest BCUT2D eigenvalue weighted by Gasteiger charge is 2.26. The summed E-state index contributed by atoms with van der Waals surface area (Å²) < 4.78 is 31.3. The number of amides is 2. The predicted octanol–water partition coefficient (Wildman–Crippen LogP) is 3.84. The summed E-state index contributed by atoms with van der Waals surface area (Å²) in [6.07, 6.45) is 2.27. The number of halogens is 1. The number of methoxy groups -OCH3 is 1. The van der Waals surface area contributed by atoms with E-state index in [4.69, 9.17) is 16.3 Å². The molecule has 1 N–H and O–H groups in total. The molecule has 2 aromatic carbocycles. The number of carbonyl (C=O) groups is 2. The Morgan fingerprint density at radius 3 is 2.43 bits per heavy atom. The van der Waals surface area contributed by atoms with Gasteiger partial charge in [0.15, 0.2) is 0 Å². The molecular formula is C25H34ClN3O5S. The van der Waals surface area contributed by atoms with E-state index in [9.17, 15) is 18.0 Å². The molecule has 0 saturated carbocycles. The quantitative estimate of drug-likeness (QED) is 0.430. The molecule has 8 nitrogen and oxygen atoms in total. The number of hydrogen-bond donors (Lipinski definition) is 1. The number of carbonyl (C=O) groups excluding carboxylic acids is 2. The Morgan fingerprint density at radius 1 is 1.14 bits per heavy atom. The van der Waals surface area contributed by atoms with Gasteiger partial charge in [0.05, 0.1) is 19.1 Å². The summed E-state index contributed by atoms with van der Waals surface area (Å²) >= 11 is 5.98. The van der Waals surface area contributed by atoms with Gasteiger partial charge in [0.25, 0.3) is 0 Å². The van der Waals surface area contributed by atoms with Crippen molar-refractivity contribution in [3.8, 4) is 5.75 Å². The summed E-state index contributed by atoms with van der Waals surface area (Å²) in [5.41, 5.74) is 1.30. The molecule has 0 aliphatic rings. The summed E-state index contributed by atoms with van der Waals surface area (Å²) in [7, 11) is -2.07. The van der Waals surface area contributed by atoms with Gasteiger partial charge in [-0.25, -0.2) is 8.42 Å². The monoisotopic (exact) mass is 523 g/mol. The summed E-state index contributed by atoms with van der Waals surface area (Å²) in [6.45, 7) is 4.52. The van der Waals surface area contributed by atoms with Crippen molar-refractivity contribution >= 4 is 39.1 Å². The standard InChI is InChI=1S/C25H34ClN3O5S/c1-5-15-27-25(31)19(2)28(18-20-11-13-21(26)14-12-20)24(30)10-7-16-29(35(4,32)33)22-8-6-9-23(17-22)34-3/h6,8-9,11-14,17,19H,5,7,10,15-16,18H2,1-4H3,(H,27,31). The topological polar surface area (TPSA) is 96.0 Å².